The molecule has 0 spiro atoms. The number of hydrogen-bond acceptors (Lipinski definition) is 3. The zero-order chi connectivity index (χ0) is 16.5. The Morgan fingerprint density at radius 2 is 1.62 bits per heavy atom. The number of hydrogen-bond donors (Lipinski definition) is 2. The van der Waals surface area contributed by atoms with Gasteiger partial charge in [-0.1, -0.05) is 27.7 Å². The number of ether oxygens (including phenoxy) is 1. The lowest BCUT2D eigenvalue weighted by molar-refractivity contribution is -0.121. The second-order valence-corrected chi connectivity index (χ2v) is 7.98. The highest BCUT2D eigenvalue weighted by Gasteiger charge is 2.65. The van der Waals surface area contributed by atoms with Crippen LogP contribution in [0.5, 0.6) is 0 Å². The van der Waals surface area contributed by atoms with Crippen molar-refractivity contribution in [3.63, 3.8) is 0 Å². The van der Waals surface area contributed by atoms with Crippen LogP contribution < -0.4 is 10.6 Å². The molecule has 0 aliphatic heterocycles. The summed E-state index contributed by atoms with van der Waals surface area (Å²) in [5, 5.41) is 5.73. The van der Waals surface area contributed by atoms with Crippen molar-refractivity contribution in [2.24, 2.45) is 10.8 Å². The highest BCUT2D eigenvalue weighted by molar-refractivity contribution is 5.77. The molecule has 0 aromatic heterocycles. The quantitative estimate of drug-likeness (QED) is 0.767. The molecule has 0 radical (unpaired) electrons. The highest BCUT2D eigenvalue weighted by Crippen LogP contribution is 2.62. The lowest BCUT2D eigenvalue weighted by Gasteiger charge is -2.19. The molecule has 21 heavy (non-hydrogen) atoms. The summed E-state index contributed by atoms with van der Waals surface area (Å²) in [5.74, 6) is 0.0460. The zero-order valence-electron chi connectivity index (χ0n) is 14.4. The molecule has 0 atom stereocenters. The van der Waals surface area contributed by atoms with Crippen LogP contribution in [-0.4, -0.2) is 30.2 Å². The maximum atomic E-state index is 11.9. The van der Waals surface area contributed by atoms with Crippen LogP contribution in [0, 0.1) is 10.8 Å². The first kappa shape index (κ1) is 17.8. The normalized spacial score (nSPS) is 19.8. The number of amides is 2. The van der Waals surface area contributed by atoms with E-state index >= 15 is 0 Å². The van der Waals surface area contributed by atoms with E-state index in [9.17, 15) is 9.59 Å². The summed E-state index contributed by atoms with van der Waals surface area (Å²) in [6.07, 6.45) is 0.587. The molecule has 0 heterocycles. The van der Waals surface area contributed by atoms with Crippen LogP contribution in [0.25, 0.3) is 0 Å². The molecule has 0 saturated heterocycles. The van der Waals surface area contributed by atoms with E-state index in [1.807, 2.05) is 20.8 Å². The average Bonchev–Trinajstić information content (AvgIpc) is 2.65. The molecule has 0 aromatic carbocycles. The molecular weight excluding hydrogens is 268 g/mol. The van der Waals surface area contributed by atoms with Gasteiger partial charge in [-0.3, -0.25) is 4.79 Å². The number of rotatable bonds is 5. The van der Waals surface area contributed by atoms with E-state index in [-0.39, 0.29) is 22.8 Å². The molecule has 1 fully saturated rings. The summed E-state index contributed by atoms with van der Waals surface area (Å²) in [5.41, 5.74) is -0.195. The molecule has 0 aromatic rings. The standard InChI is InChI=1S/C16H30N2O3/c1-14(2,3)21-13(20)17-10-8-9-11(19)18-12-15(4,5)16(12,6)7/h12H,8-10H2,1-7H3,(H,17,20)(H,18,19). The van der Waals surface area contributed by atoms with Gasteiger partial charge < -0.3 is 15.4 Å². The van der Waals surface area contributed by atoms with Gasteiger partial charge in [0.25, 0.3) is 0 Å². The van der Waals surface area contributed by atoms with Gasteiger partial charge in [0.05, 0.1) is 0 Å². The van der Waals surface area contributed by atoms with Gasteiger partial charge >= 0.3 is 6.09 Å². The Bertz CT molecular complexity index is 394. The van der Waals surface area contributed by atoms with Gasteiger partial charge in [-0.15, -0.1) is 0 Å². The third-order valence-corrected chi connectivity index (χ3v) is 4.57. The van der Waals surface area contributed by atoms with Gasteiger partial charge in [-0.05, 0) is 38.0 Å². The minimum absolute atomic E-state index is 0.0460. The van der Waals surface area contributed by atoms with Crippen molar-refractivity contribution in [1.29, 1.82) is 0 Å². The fourth-order valence-electron chi connectivity index (χ4n) is 2.54. The Morgan fingerprint density at radius 3 is 2.05 bits per heavy atom. The van der Waals surface area contributed by atoms with E-state index in [0.717, 1.165) is 0 Å². The minimum atomic E-state index is -0.495. The Hall–Kier alpha value is -1.26. The van der Waals surface area contributed by atoms with E-state index in [1.54, 1.807) is 0 Å². The van der Waals surface area contributed by atoms with Crippen LogP contribution in [-0.2, 0) is 9.53 Å². The average molecular weight is 298 g/mol. The third kappa shape index (κ3) is 4.61. The first-order chi connectivity index (χ1) is 9.38. The lowest BCUT2D eigenvalue weighted by Crippen LogP contribution is -2.34. The van der Waals surface area contributed by atoms with Crippen LogP contribution in [0.4, 0.5) is 4.79 Å². The smallest absolute Gasteiger partial charge is 0.407 e. The van der Waals surface area contributed by atoms with Gasteiger partial charge in [-0.25, -0.2) is 4.79 Å². The maximum Gasteiger partial charge on any atom is 0.407 e. The Labute approximate surface area is 128 Å². The molecule has 122 valence electrons. The summed E-state index contributed by atoms with van der Waals surface area (Å²) in [6.45, 7) is 14.6. The van der Waals surface area contributed by atoms with Crippen LogP contribution in [0.15, 0.2) is 0 Å². The predicted molar refractivity (Wildman–Crippen MR) is 83.0 cm³/mol. The number of carbonyl (C=O) groups excluding carboxylic acids is 2. The molecule has 2 amide bonds. The largest absolute Gasteiger partial charge is 0.444 e. The van der Waals surface area contributed by atoms with Crippen molar-refractivity contribution < 1.29 is 14.3 Å². The monoisotopic (exact) mass is 298 g/mol. The molecule has 1 aliphatic rings. The van der Waals surface area contributed by atoms with E-state index in [1.165, 1.54) is 0 Å². The SMILES string of the molecule is CC(C)(C)OC(=O)NCCCC(=O)NC1C(C)(C)C1(C)C. The van der Waals surface area contributed by atoms with Crippen LogP contribution >= 0.6 is 0 Å². The fourth-order valence-corrected chi connectivity index (χ4v) is 2.54. The van der Waals surface area contributed by atoms with Crippen LogP contribution in [0.3, 0.4) is 0 Å². The molecule has 2 N–H and O–H groups in total. The van der Waals surface area contributed by atoms with Gasteiger partial charge in [0.1, 0.15) is 5.60 Å². The molecule has 1 saturated carbocycles. The van der Waals surface area contributed by atoms with E-state index in [4.69, 9.17) is 4.74 Å². The Kier molecular flexibility index (Phi) is 4.96. The first-order valence-corrected chi connectivity index (χ1v) is 7.64. The first-order valence-electron chi connectivity index (χ1n) is 7.64. The number of alkyl carbamates (subject to hydrolysis) is 1. The summed E-state index contributed by atoms with van der Waals surface area (Å²) in [7, 11) is 0. The third-order valence-electron chi connectivity index (χ3n) is 4.57. The predicted octanol–water partition coefficient (Wildman–Crippen LogP) is 2.84. The van der Waals surface area contributed by atoms with Crippen molar-refractivity contribution in [3.05, 3.63) is 0 Å². The summed E-state index contributed by atoms with van der Waals surface area (Å²) >= 11 is 0. The molecule has 5 heteroatoms. The molecular formula is C16H30N2O3. The molecule has 5 nitrogen and oxygen atoms in total. The topological polar surface area (TPSA) is 67.4 Å². The highest BCUT2D eigenvalue weighted by atomic mass is 16.6. The molecule has 1 aliphatic carbocycles. The number of nitrogens with one attached hydrogen (secondary N) is 2. The lowest BCUT2D eigenvalue weighted by atomic mass is 10.0. The second kappa shape index (κ2) is 5.85. The summed E-state index contributed by atoms with van der Waals surface area (Å²) in [6, 6.07) is 0.233. The van der Waals surface area contributed by atoms with Gasteiger partial charge in [0.2, 0.25) is 5.91 Å². The van der Waals surface area contributed by atoms with Gasteiger partial charge in [0.15, 0.2) is 0 Å². The summed E-state index contributed by atoms with van der Waals surface area (Å²) < 4.78 is 5.12. The van der Waals surface area contributed by atoms with Crippen molar-refractivity contribution >= 4 is 12.0 Å². The van der Waals surface area contributed by atoms with E-state index < -0.39 is 11.7 Å². The van der Waals surface area contributed by atoms with Crippen molar-refractivity contribution in [2.45, 2.75) is 73.0 Å². The zero-order valence-corrected chi connectivity index (χ0v) is 14.4. The van der Waals surface area contributed by atoms with E-state index in [0.29, 0.717) is 19.4 Å². The van der Waals surface area contributed by atoms with Crippen molar-refractivity contribution in [2.75, 3.05) is 6.54 Å². The molecule has 0 unspecified atom stereocenters. The Morgan fingerprint density at radius 1 is 1.10 bits per heavy atom. The maximum absolute atomic E-state index is 11.9. The van der Waals surface area contributed by atoms with Crippen molar-refractivity contribution in [1.82, 2.24) is 10.6 Å². The van der Waals surface area contributed by atoms with Gasteiger partial charge in [-0.2, -0.15) is 0 Å². The van der Waals surface area contributed by atoms with Crippen LogP contribution in [0.1, 0.15) is 61.3 Å². The van der Waals surface area contributed by atoms with Gasteiger partial charge in [0, 0.05) is 19.0 Å². The minimum Gasteiger partial charge on any atom is -0.444 e. The second-order valence-electron chi connectivity index (χ2n) is 7.98. The fraction of sp³-hybridized carbons (Fsp3) is 0.875. The molecule has 0 bridgehead atoms. The van der Waals surface area contributed by atoms with Crippen LogP contribution in [0.2, 0.25) is 0 Å². The van der Waals surface area contributed by atoms with Crippen molar-refractivity contribution in [3.8, 4) is 0 Å². The summed E-state index contributed by atoms with van der Waals surface area (Å²) in [4.78, 5) is 23.3. The van der Waals surface area contributed by atoms with E-state index in [2.05, 4.69) is 38.3 Å². The molecule has 1 rings (SSSR count). The Balaban J connectivity index is 2.17. The number of carbonyl (C=O) groups is 2.